The molecule has 0 spiro atoms. The second kappa shape index (κ2) is 7.09. The summed E-state index contributed by atoms with van der Waals surface area (Å²) >= 11 is 1.92. The SMILES string of the molecule is C=CCCCCSC. The Balaban J connectivity index is 2.62. The minimum atomic E-state index is 1.18. The van der Waals surface area contributed by atoms with E-state index in [1.165, 1.54) is 25.0 Å². The summed E-state index contributed by atoms with van der Waals surface area (Å²) in [7, 11) is 0. The van der Waals surface area contributed by atoms with Gasteiger partial charge in [-0.1, -0.05) is 6.08 Å². The molecule has 0 aromatic carbocycles. The molecule has 0 amide bonds. The third-order valence-corrected chi connectivity index (χ3v) is 1.70. The van der Waals surface area contributed by atoms with E-state index in [4.69, 9.17) is 0 Å². The number of hydrogen-bond acceptors (Lipinski definition) is 1. The smallest absolute Gasteiger partial charge is 0.00702 e. The molecule has 0 saturated carbocycles. The number of rotatable bonds is 5. The lowest BCUT2D eigenvalue weighted by molar-refractivity contribution is 0.825. The van der Waals surface area contributed by atoms with E-state index >= 15 is 0 Å². The highest BCUT2D eigenvalue weighted by Crippen LogP contribution is 2.01. The van der Waals surface area contributed by atoms with Gasteiger partial charge in [-0.05, 0) is 31.3 Å². The third-order valence-electron chi connectivity index (χ3n) is 1.01. The average molecular weight is 130 g/mol. The molecular formula is C7H14S. The topological polar surface area (TPSA) is 0 Å². The van der Waals surface area contributed by atoms with Gasteiger partial charge in [0.15, 0.2) is 0 Å². The van der Waals surface area contributed by atoms with Gasteiger partial charge in [-0.3, -0.25) is 0 Å². The predicted molar refractivity (Wildman–Crippen MR) is 42.4 cm³/mol. The van der Waals surface area contributed by atoms with Gasteiger partial charge in [0.25, 0.3) is 0 Å². The van der Waals surface area contributed by atoms with Gasteiger partial charge in [-0.15, -0.1) is 6.58 Å². The largest absolute Gasteiger partial charge is 0.165 e. The van der Waals surface area contributed by atoms with Crippen LogP contribution in [0.25, 0.3) is 0 Å². The zero-order valence-electron chi connectivity index (χ0n) is 5.52. The highest BCUT2D eigenvalue weighted by molar-refractivity contribution is 7.98. The number of allylic oxidation sites excluding steroid dienone is 1. The molecule has 0 atom stereocenters. The fraction of sp³-hybridized carbons (Fsp3) is 0.714. The van der Waals surface area contributed by atoms with Crippen LogP contribution >= 0.6 is 11.8 Å². The van der Waals surface area contributed by atoms with Crippen LogP contribution in [0.3, 0.4) is 0 Å². The van der Waals surface area contributed by atoms with E-state index in [1.807, 2.05) is 17.8 Å². The summed E-state index contributed by atoms with van der Waals surface area (Å²) < 4.78 is 0. The average Bonchev–Trinajstić information content (AvgIpc) is 1.81. The molecule has 0 aromatic heterocycles. The summed E-state index contributed by atoms with van der Waals surface area (Å²) in [6, 6.07) is 0. The van der Waals surface area contributed by atoms with Crippen molar-refractivity contribution in [3.8, 4) is 0 Å². The standard InChI is InChI=1S/C7H14S/c1-3-4-5-6-7-8-2/h3H,1,4-7H2,2H3. The zero-order chi connectivity index (χ0) is 6.24. The second-order valence-electron chi connectivity index (χ2n) is 1.78. The van der Waals surface area contributed by atoms with Crippen molar-refractivity contribution in [2.75, 3.05) is 12.0 Å². The first-order valence-corrected chi connectivity index (χ1v) is 4.41. The van der Waals surface area contributed by atoms with Gasteiger partial charge < -0.3 is 0 Å². The maximum Gasteiger partial charge on any atom is -0.00702 e. The number of thioether (sulfide) groups is 1. The maximum absolute atomic E-state index is 3.65. The normalized spacial score (nSPS) is 9.12. The Morgan fingerprint density at radius 2 is 2.25 bits per heavy atom. The monoisotopic (exact) mass is 130 g/mol. The molecule has 48 valence electrons. The summed E-state index contributed by atoms with van der Waals surface area (Å²) in [6.07, 6.45) is 7.96. The molecular weight excluding hydrogens is 116 g/mol. The second-order valence-corrected chi connectivity index (χ2v) is 2.76. The van der Waals surface area contributed by atoms with Gasteiger partial charge >= 0.3 is 0 Å². The molecule has 0 radical (unpaired) electrons. The molecule has 0 aliphatic rings. The zero-order valence-corrected chi connectivity index (χ0v) is 6.34. The first-order chi connectivity index (χ1) is 3.91. The van der Waals surface area contributed by atoms with Crippen molar-refractivity contribution < 1.29 is 0 Å². The molecule has 0 aliphatic carbocycles. The minimum absolute atomic E-state index is 1.18. The van der Waals surface area contributed by atoms with Gasteiger partial charge in [0.1, 0.15) is 0 Å². The van der Waals surface area contributed by atoms with Gasteiger partial charge in [0.05, 0.1) is 0 Å². The molecule has 0 N–H and O–H groups in total. The van der Waals surface area contributed by atoms with Crippen molar-refractivity contribution >= 4 is 11.8 Å². The van der Waals surface area contributed by atoms with Crippen molar-refractivity contribution in [2.24, 2.45) is 0 Å². The number of hydrogen-bond donors (Lipinski definition) is 0. The van der Waals surface area contributed by atoms with Gasteiger partial charge in [-0.25, -0.2) is 0 Å². The quantitative estimate of drug-likeness (QED) is 0.407. The van der Waals surface area contributed by atoms with Crippen molar-refractivity contribution in [1.82, 2.24) is 0 Å². The van der Waals surface area contributed by atoms with Crippen molar-refractivity contribution in [3.05, 3.63) is 12.7 Å². The molecule has 1 heteroatoms. The molecule has 0 saturated heterocycles. The Bertz CT molecular complexity index is 50.3. The Morgan fingerprint density at radius 3 is 2.75 bits per heavy atom. The minimum Gasteiger partial charge on any atom is -0.165 e. The Morgan fingerprint density at radius 1 is 1.50 bits per heavy atom. The van der Waals surface area contributed by atoms with Crippen LogP contribution < -0.4 is 0 Å². The van der Waals surface area contributed by atoms with E-state index in [2.05, 4.69) is 12.8 Å². The van der Waals surface area contributed by atoms with Crippen LogP contribution in [0.5, 0.6) is 0 Å². The van der Waals surface area contributed by atoms with Crippen molar-refractivity contribution in [2.45, 2.75) is 19.3 Å². The summed E-state index contributed by atoms with van der Waals surface area (Å²) in [5, 5.41) is 0. The third kappa shape index (κ3) is 6.09. The van der Waals surface area contributed by atoms with E-state index in [9.17, 15) is 0 Å². The van der Waals surface area contributed by atoms with E-state index in [1.54, 1.807) is 0 Å². The van der Waals surface area contributed by atoms with Crippen molar-refractivity contribution in [3.63, 3.8) is 0 Å². The van der Waals surface area contributed by atoms with Crippen molar-refractivity contribution in [1.29, 1.82) is 0 Å². The molecule has 0 heterocycles. The highest BCUT2D eigenvalue weighted by Gasteiger charge is 1.81. The Kier molecular flexibility index (Phi) is 7.17. The molecule has 0 unspecified atom stereocenters. The maximum atomic E-state index is 3.65. The van der Waals surface area contributed by atoms with E-state index in [0.717, 1.165) is 0 Å². The Labute approximate surface area is 56.4 Å². The van der Waals surface area contributed by atoms with E-state index in [0.29, 0.717) is 0 Å². The lowest BCUT2D eigenvalue weighted by atomic mass is 10.2. The first-order valence-electron chi connectivity index (χ1n) is 3.01. The lowest BCUT2D eigenvalue weighted by Gasteiger charge is -1.91. The van der Waals surface area contributed by atoms with Crippen LogP contribution in [0.2, 0.25) is 0 Å². The fourth-order valence-electron chi connectivity index (χ4n) is 0.535. The van der Waals surface area contributed by atoms with E-state index < -0.39 is 0 Å². The van der Waals surface area contributed by atoms with Crippen LogP contribution in [0.15, 0.2) is 12.7 Å². The molecule has 8 heavy (non-hydrogen) atoms. The molecule has 0 fully saturated rings. The summed E-state index contributed by atoms with van der Waals surface area (Å²) in [5.41, 5.74) is 0. The molecule has 0 bridgehead atoms. The van der Waals surface area contributed by atoms with Crippen LogP contribution in [0.1, 0.15) is 19.3 Å². The number of unbranched alkanes of at least 4 members (excludes halogenated alkanes) is 2. The van der Waals surface area contributed by atoms with Crippen LogP contribution in [-0.4, -0.2) is 12.0 Å². The highest BCUT2D eigenvalue weighted by atomic mass is 32.2. The summed E-state index contributed by atoms with van der Waals surface area (Å²) in [4.78, 5) is 0. The molecule has 0 aliphatic heterocycles. The fourth-order valence-corrected chi connectivity index (χ4v) is 1.03. The van der Waals surface area contributed by atoms with Gasteiger partial charge in [0.2, 0.25) is 0 Å². The van der Waals surface area contributed by atoms with Crippen LogP contribution in [-0.2, 0) is 0 Å². The van der Waals surface area contributed by atoms with Crippen LogP contribution in [0, 0.1) is 0 Å². The lowest BCUT2D eigenvalue weighted by Crippen LogP contribution is -1.76. The van der Waals surface area contributed by atoms with Gasteiger partial charge in [-0.2, -0.15) is 11.8 Å². The van der Waals surface area contributed by atoms with Crippen LogP contribution in [0.4, 0.5) is 0 Å². The van der Waals surface area contributed by atoms with E-state index in [-0.39, 0.29) is 0 Å². The first kappa shape index (κ1) is 8.09. The molecule has 0 nitrogen and oxygen atoms in total. The Hall–Kier alpha value is 0.0900. The molecule has 0 aromatic rings. The molecule has 0 rings (SSSR count). The summed E-state index contributed by atoms with van der Waals surface area (Å²) in [6.45, 7) is 3.65. The summed E-state index contributed by atoms with van der Waals surface area (Å²) in [5.74, 6) is 1.30. The van der Waals surface area contributed by atoms with Gasteiger partial charge in [0, 0.05) is 0 Å². The predicted octanol–water partition coefficient (Wildman–Crippen LogP) is 2.71.